The normalized spacial score (nSPS) is 23.1. The van der Waals surface area contributed by atoms with Crippen molar-refractivity contribution in [3.05, 3.63) is 22.2 Å². The molecule has 3 unspecified atom stereocenters. The summed E-state index contributed by atoms with van der Waals surface area (Å²) in [7, 11) is 0. The van der Waals surface area contributed by atoms with Crippen LogP contribution in [-0.2, 0) is 4.74 Å². The molecule has 0 N–H and O–H groups in total. The Kier molecular flexibility index (Phi) is 6.38. The summed E-state index contributed by atoms with van der Waals surface area (Å²) in [6.45, 7) is 8.12. The van der Waals surface area contributed by atoms with Gasteiger partial charge in [-0.3, -0.25) is 0 Å². The van der Waals surface area contributed by atoms with Crippen LogP contribution in [0.1, 0.15) is 37.6 Å². The van der Waals surface area contributed by atoms with E-state index in [1.165, 1.54) is 5.56 Å². The van der Waals surface area contributed by atoms with E-state index in [0.29, 0.717) is 25.2 Å². The summed E-state index contributed by atoms with van der Waals surface area (Å²) >= 11 is 7.49. The van der Waals surface area contributed by atoms with E-state index >= 15 is 0 Å². The molecule has 0 aromatic heterocycles. The minimum Gasteiger partial charge on any atom is -0.490 e. The van der Waals surface area contributed by atoms with Crippen molar-refractivity contribution in [3.63, 3.8) is 0 Å². The fourth-order valence-corrected chi connectivity index (χ4v) is 4.23. The zero-order valence-corrected chi connectivity index (χ0v) is 15.9. The molecular weight excluding hydrogens is 400 g/mol. The molecule has 1 heterocycles. The predicted octanol–water partition coefficient (Wildman–Crippen LogP) is 5.11. The smallest absolute Gasteiger partial charge is 0.162 e. The second-order valence-electron chi connectivity index (χ2n) is 5.23. The van der Waals surface area contributed by atoms with E-state index in [2.05, 4.69) is 44.8 Å². The zero-order chi connectivity index (χ0) is 15.4. The highest BCUT2D eigenvalue weighted by molar-refractivity contribution is 9.11. The first-order chi connectivity index (χ1) is 10.1. The Balaban J connectivity index is 2.27. The summed E-state index contributed by atoms with van der Waals surface area (Å²) in [5.41, 5.74) is 1.18. The van der Waals surface area contributed by atoms with Gasteiger partial charge in [0.2, 0.25) is 0 Å². The molecule has 0 radical (unpaired) electrons. The van der Waals surface area contributed by atoms with Gasteiger partial charge in [-0.2, -0.15) is 0 Å². The van der Waals surface area contributed by atoms with E-state index in [-0.39, 0.29) is 4.83 Å². The third-order valence-corrected chi connectivity index (χ3v) is 5.53. The molecule has 1 aliphatic rings. The lowest BCUT2D eigenvalue weighted by Crippen LogP contribution is -2.09. The van der Waals surface area contributed by atoms with Crippen LogP contribution >= 0.6 is 31.9 Å². The molecule has 1 fully saturated rings. The first-order valence-corrected chi connectivity index (χ1v) is 9.12. The number of rotatable bonds is 6. The van der Waals surface area contributed by atoms with Crippen molar-refractivity contribution in [1.82, 2.24) is 0 Å². The first kappa shape index (κ1) is 17.1. The third-order valence-electron chi connectivity index (χ3n) is 3.60. The Hall–Kier alpha value is -0.260. The number of ether oxygens (including phenoxy) is 3. The van der Waals surface area contributed by atoms with Gasteiger partial charge >= 0.3 is 0 Å². The van der Waals surface area contributed by atoms with Crippen molar-refractivity contribution in [3.8, 4) is 11.5 Å². The third kappa shape index (κ3) is 4.14. The van der Waals surface area contributed by atoms with Gasteiger partial charge in [0.15, 0.2) is 11.5 Å². The summed E-state index contributed by atoms with van der Waals surface area (Å²) < 4.78 is 18.1. The molecule has 0 spiro atoms. The van der Waals surface area contributed by atoms with Crippen LogP contribution < -0.4 is 9.47 Å². The van der Waals surface area contributed by atoms with Crippen LogP contribution in [0.4, 0.5) is 0 Å². The molecular formula is C16H22Br2O3. The van der Waals surface area contributed by atoms with Crippen LogP contribution in [0.5, 0.6) is 11.5 Å². The first-order valence-electron chi connectivity index (χ1n) is 7.41. The molecule has 0 aliphatic carbocycles. The molecule has 3 atom stereocenters. The van der Waals surface area contributed by atoms with E-state index in [1.807, 2.05) is 19.9 Å². The minimum absolute atomic E-state index is 0.242. The SMILES string of the molecule is CCOc1cc(Br)c(C(Br)C2COC(C)C2)cc1OCC. The maximum Gasteiger partial charge on any atom is 0.162 e. The lowest BCUT2D eigenvalue weighted by Gasteiger charge is -2.20. The van der Waals surface area contributed by atoms with Crippen molar-refractivity contribution < 1.29 is 14.2 Å². The monoisotopic (exact) mass is 420 g/mol. The Morgan fingerprint density at radius 3 is 2.38 bits per heavy atom. The molecule has 21 heavy (non-hydrogen) atoms. The number of halogens is 2. The molecule has 0 amide bonds. The summed E-state index contributed by atoms with van der Waals surface area (Å²) in [5, 5.41) is 0. The fourth-order valence-electron chi connectivity index (χ4n) is 2.61. The predicted molar refractivity (Wildman–Crippen MR) is 91.7 cm³/mol. The van der Waals surface area contributed by atoms with Gasteiger partial charge in [0.25, 0.3) is 0 Å². The lowest BCUT2D eigenvalue weighted by atomic mass is 9.96. The average molecular weight is 422 g/mol. The Morgan fingerprint density at radius 2 is 1.86 bits per heavy atom. The van der Waals surface area contributed by atoms with Gasteiger partial charge in [0, 0.05) is 15.2 Å². The van der Waals surface area contributed by atoms with Crippen molar-refractivity contribution in [2.24, 2.45) is 5.92 Å². The van der Waals surface area contributed by atoms with Crippen LogP contribution in [0.15, 0.2) is 16.6 Å². The number of alkyl halides is 1. The zero-order valence-electron chi connectivity index (χ0n) is 12.7. The highest BCUT2D eigenvalue weighted by Gasteiger charge is 2.30. The topological polar surface area (TPSA) is 27.7 Å². The molecule has 1 aliphatic heterocycles. The Bertz CT molecular complexity index is 479. The molecule has 1 aromatic rings. The molecule has 1 saturated heterocycles. The molecule has 1 aromatic carbocycles. The molecule has 5 heteroatoms. The average Bonchev–Trinajstić information content (AvgIpc) is 2.88. The van der Waals surface area contributed by atoms with Crippen molar-refractivity contribution in [1.29, 1.82) is 0 Å². The van der Waals surface area contributed by atoms with Crippen LogP contribution in [0.3, 0.4) is 0 Å². The van der Waals surface area contributed by atoms with Gasteiger partial charge in [-0.05, 0) is 44.9 Å². The van der Waals surface area contributed by atoms with Gasteiger partial charge in [-0.1, -0.05) is 31.9 Å². The van der Waals surface area contributed by atoms with Gasteiger partial charge in [0.1, 0.15) is 0 Å². The summed E-state index contributed by atoms with van der Waals surface area (Å²) in [6, 6.07) is 4.07. The molecule has 2 rings (SSSR count). The molecule has 0 saturated carbocycles. The van der Waals surface area contributed by atoms with E-state index in [9.17, 15) is 0 Å². The fraction of sp³-hybridized carbons (Fsp3) is 0.625. The maximum absolute atomic E-state index is 5.72. The molecule has 3 nitrogen and oxygen atoms in total. The maximum atomic E-state index is 5.72. The largest absolute Gasteiger partial charge is 0.490 e. The second kappa shape index (κ2) is 7.84. The van der Waals surface area contributed by atoms with Crippen LogP contribution in [0.2, 0.25) is 0 Å². The summed E-state index contributed by atoms with van der Waals surface area (Å²) in [4.78, 5) is 0.242. The van der Waals surface area contributed by atoms with Gasteiger partial charge < -0.3 is 14.2 Å². The van der Waals surface area contributed by atoms with Crippen molar-refractivity contribution >= 4 is 31.9 Å². The van der Waals surface area contributed by atoms with E-state index in [4.69, 9.17) is 14.2 Å². The summed E-state index contributed by atoms with van der Waals surface area (Å²) in [6.07, 6.45) is 1.40. The standard InChI is InChI=1S/C16H22Br2O3/c1-4-19-14-7-12(13(17)8-15(14)20-5-2)16(18)11-6-10(3)21-9-11/h7-8,10-11,16H,4-6,9H2,1-3H3. The Labute approximate surface area is 143 Å². The molecule has 118 valence electrons. The molecule has 0 bridgehead atoms. The van der Waals surface area contributed by atoms with E-state index in [0.717, 1.165) is 29.0 Å². The van der Waals surface area contributed by atoms with E-state index in [1.54, 1.807) is 0 Å². The van der Waals surface area contributed by atoms with Crippen LogP contribution in [0, 0.1) is 5.92 Å². The van der Waals surface area contributed by atoms with Gasteiger partial charge in [-0.25, -0.2) is 0 Å². The van der Waals surface area contributed by atoms with Crippen molar-refractivity contribution in [2.75, 3.05) is 19.8 Å². The Morgan fingerprint density at radius 1 is 1.24 bits per heavy atom. The van der Waals surface area contributed by atoms with E-state index < -0.39 is 0 Å². The number of hydrogen-bond donors (Lipinski definition) is 0. The second-order valence-corrected chi connectivity index (χ2v) is 7.07. The van der Waals surface area contributed by atoms with Gasteiger partial charge in [-0.15, -0.1) is 0 Å². The number of hydrogen-bond acceptors (Lipinski definition) is 3. The lowest BCUT2D eigenvalue weighted by molar-refractivity contribution is 0.120. The number of benzene rings is 1. The van der Waals surface area contributed by atoms with Gasteiger partial charge in [0.05, 0.1) is 25.9 Å². The quantitative estimate of drug-likeness (QED) is 0.597. The van der Waals surface area contributed by atoms with Crippen molar-refractivity contribution in [2.45, 2.75) is 38.1 Å². The minimum atomic E-state index is 0.242. The highest BCUT2D eigenvalue weighted by Crippen LogP contribution is 2.44. The van der Waals surface area contributed by atoms with Crippen LogP contribution in [0.25, 0.3) is 0 Å². The highest BCUT2D eigenvalue weighted by atomic mass is 79.9. The summed E-state index contributed by atoms with van der Waals surface area (Å²) in [5.74, 6) is 2.06. The van der Waals surface area contributed by atoms with Crippen LogP contribution in [-0.4, -0.2) is 25.9 Å².